The molecule has 0 bridgehead atoms. The van der Waals surface area contributed by atoms with Crippen molar-refractivity contribution in [2.75, 3.05) is 32.0 Å². The third-order valence-electron chi connectivity index (χ3n) is 3.04. The first kappa shape index (κ1) is 12.3. The predicted molar refractivity (Wildman–Crippen MR) is 67.8 cm³/mol. The van der Waals surface area contributed by atoms with E-state index < -0.39 is 5.97 Å². The Labute approximate surface area is 104 Å². The summed E-state index contributed by atoms with van der Waals surface area (Å²) in [6.07, 6.45) is 2.43. The molecule has 1 aliphatic rings. The summed E-state index contributed by atoms with van der Waals surface area (Å²) in [6.45, 7) is 3.07. The predicted octanol–water partition coefficient (Wildman–Crippen LogP) is 1.59. The Morgan fingerprint density at radius 3 is 3.29 bits per heavy atom. The van der Waals surface area contributed by atoms with Crippen molar-refractivity contribution < 1.29 is 9.90 Å². The van der Waals surface area contributed by atoms with E-state index in [2.05, 4.69) is 22.2 Å². The molecule has 6 heteroatoms. The normalized spacial score (nSPS) is 21.4. The molecule has 1 aliphatic heterocycles. The van der Waals surface area contributed by atoms with Gasteiger partial charge in [0, 0.05) is 13.1 Å². The Bertz CT molecular complexity index is 394. The van der Waals surface area contributed by atoms with Gasteiger partial charge in [-0.25, -0.2) is 9.78 Å². The fourth-order valence-electron chi connectivity index (χ4n) is 2.20. The lowest BCUT2D eigenvalue weighted by atomic mass is 9.98. The molecule has 2 rings (SSSR count). The third kappa shape index (κ3) is 3.17. The summed E-state index contributed by atoms with van der Waals surface area (Å²) in [6, 6.07) is 0. The van der Waals surface area contributed by atoms with Crippen molar-refractivity contribution in [3.63, 3.8) is 0 Å². The Hall–Kier alpha value is -1.14. The van der Waals surface area contributed by atoms with Gasteiger partial charge in [-0.2, -0.15) is 0 Å². The molecule has 1 saturated heterocycles. The topological polar surface area (TPSA) is 65.5 Å². The molecule has 1 unspecified atom stereocenters. The van der Waals surface area contributed by atoms with Gasteiger partial charge in [-0.05, 0) is 32.4 Å². The quantitative estimate of drug-likeness (QED) is 0.855. The third-order valence-corrected chi connectivity index (χ3v) is 3.83. The number of nitrogens with zero attached hydrogens (tertiary/aromatic N) is 2. The van der Waals surface area contributed by atoms with Crippen LogP contribution < -0.4 is 5.32 Å². The van der Waals surface area contributed by atoms with Gasteiger partial charge in [0.25, 0.3) is 0 Å². The van der Waals surface area contributed by atoms with E-state index in [9.17, 15) is 4.79 Å². The zero-order chi connectivity index (χ0) is 12.3. The van der Waals surface area contributed by atoms with Crippen molar-refractivity contribution in [2.24, 2.45) is 5.92 Å². The molecule has 0 radical (unpaired) electrons. The van der Waals surface area contributed by atoms with E-state index in [4.69, 9.17) is 5.11 Å². The maximum absolute atomic E-state index is 10.9. The minimum absolute atomic E-state index is 0.138. The molecule has 0 saturated carbocycles. The van der Waals surface area contributed by atoms with E-state index in [-0.39, 0.29) is 5.69 Å². The number of rotatable bonds is 4. The second-order valence-electron chi connectivity index (χ2n) is 4.49. The van der Waals surface area contributed by atoms with Gasteiger partial charge < -0.3 is 15.3 Å². The number of likely N-dealkylation sites (tertiary alicyclic amines) is 1. The van der Waals surface area contributed by atoms with E-state index in [1.807, 2.05) is 0 Å². The summed E-state index contributed by atoms with van der Waals surface area (Å²) in [7, 11) is 2.13. The standard InChI is InChI=1S/C11H17N3O2S/c1-14-4-2-3-8(6-14)5-12-10-9(11(15)16)13-7-17-10/h7-8,12H,2-6H2,1H3,(H,15,16). The van der Waals surface area contributed by atoms with Crippen molar-refractivity contribution in [1.82, 2.24) is 9.88 Å². The van der Waals surface area contributed by atoms with Gasteiger partial charge in [-0.15, -0.1) is 11.3 Å². The summed E-state index contributed by atoms with van der Waals surface area (Å²) in [5.41, 5.74) is 1.71. The van der Waals surface area contributed by atoms with Crippen LogP contribution >= 0.6 is 11.3 Å². The van der Waals surface area contributed by atoms with E-state index in [1.54, 1.807) is 5.51 Å². The Morgan fingerprint density at radius 1 is 1.76 bits per heavy atom. The van der Waals surface area contributed by atoms with Crippen LogP contribution in [0.4, 0.5) is 5.00 Å². The number of carboxylic acid groups (broad SMARTS) is 1. The van der Waals surface area contributed by atoms with Crippen LogP contribution in [0.3, 0.4) is 0 Å². The highest BCUT2D eigenvalue weighted by molar-refractivity contribution is 7.14. The molecule has 0 amide bonds. The zero-order valence-corrected chi connectivity index (χ0v) is 10.7. The minimum atomic E-state index is -0.963. The summed E-state index contributed by atoms with van der Waals surface area (Å²) in [5, 5.41) is 12.8. The van der Waals surface area contributed by atoms with Gasteiger partial charge >= 0.3 is 5.97 Å². The largest absolute Gasteiger partial charge is 0.476 e. The van der Waals surface area contributed by atoms with Gasteiger partial charge in [-0.1, -0.05) is 0 Å². The van der Waals surface area contributed by atoms with Gasteiger partial charge in [0.1, 0.15) is 5.00 Å². The number of anilines is 1. The van der Waals surface area contributed by atoms with E-state index in [0.29, 0.717) is 10.9 Å². The molecule has 0 aliphatic carbocycles. The van der Waals surface area contributed by atoms with Crippen molar-refractivity contribution in [3.05, 3.63) is 11.2 Å². The first-order valence-corrected chi connectivity index (χ1v) is 6.64. The number of nitrogens with one attached hydrogen (secondary N) is 1. The van der Waals surface area contributed by atoms with E-state index >= 15 is 0 Å². The summed E-state index contributed by atoms with van der Waals surface area (Å²) < 4.78 is 0. The van der Waals surface area contributed by atoms with Crippen molar-refractivity contribution in [2.45, 2.75) is 12.8 Å². The molecule has 1 fully saturated rings. The van der Waals surface area contributed by atoms with Crippen LogP contribution in [-0.4, -0.2) is 47.6 Å². The molecular weight excluding hydrogens is 238 g/mol. The Morgan fingerprint density at radius 2 is 2.59 bits per heavy atom. The monoisotopic (exact) mass is 255 g/mol. The molecule has 0 spiro atoms. The number of aromatic nitrogens is 1. The fourth-order valence-corrected chi connectivity index (χ4v) is 2.88. The molecule has 1 aromatic heterocycles. The van der Waals surface area contributed by atoms with E-state index in [1.165, 1.54) is 24.2 Å². The first-order chi connectivity index (χ1) is 8.16. The Kier molecular flexibility index (Phi) is 3.96. The smallest absolute Gasteiger partial charge is 0.357 e. The van der Waals surface area contributed by atoms with Gasteiger partial charge in [0.15, 0.2) is 5.69 Å². The highest BCUT2D eigenvalue weighted by Gasteiger charge is 2.19. The summed E-state index contributed by atoms with van der Waals surface area (Å²) in [4.78, 5) is 17.0. The van der Waals surface area contributed by atoms with Crippen LogP contribution in [-0.2, 0) is 0 Å². The molecule has 2 N–H and O–H groups in total. The lowest BCUT2D eigenvalue weighted by Gasteiger charge is -2.29. The highest BCUT2D eigenvalue weighted by Crippen LogP contribution is 2.22. The summed E-state index contributed by atoms with van der Waals surface area (Å²) in [5.74, 6) is -0.369. The zero-order valence-electron chi connectivity index (χ0n) is 9.85. The molecule has 0 aromatic carbocycles. The maximum atomic E-state index is 10.9. The van der Waals surface area contributed by atoms with Crippen LogP contribution in [0, 0.1) is 5.92 Å². The van der Waals surface area contributed by atoms with Crippen molar-refractivity contribution >= 4 is 22.3 Å². The second kappa shape index (κ2) is 5.46. The van der Waals surface area contributed by atoms with Crippen LogP contribution in [0.2, 0.25) is 0 Å². The molecule has 2 heterocycles. The number of hydrogen-bond donors (Lipinski definition) is 2. The number of hydrogen-bond acceptors (Lipinski definition) is 5. The number of thiazole rings is 1. The van der Waals surface area contributed by atoms with Crippen molar-refractivity contribution in [1.29, 1.82) is 0 Å². The molecule has 5 nitrogen and oxygen atoms in total. The molecule has 1 atom stereocenters. The van der Waals surface area contributed by atoms with Crippen LogP contribution in [0.1, 0.15) is 23.3 Å². The number of piperidine rings is 1. The molecule has 94 valence electrons. The van der Waals surface area contributed by atoms with Crippen LogP contribution in [0.15, 0.2) is 5.51 Å². The number of carboxylic acids is 1. The fraction of sp³-hybridized carbons (Fsp3) is 0.636. The number of carbonyl (C=O) groups is 1. The first-order valence-electron chi connectivity index (χ1n) is 5.76. The second-order valence-corrected chi connectivity index (χ2v) is 5.34. The lowest BCUT2D eigenvalue weighted by molar-refractivity contribution is 0.0692. The van der Waals surface area contributed by atoms with Gasteiger partial charge in [0.2, 0.25) is 0 Å². The average molecular weight is 255 g/mol. The van der Waals surface area contributed by atoms with Crippen LogP contribution in [0.25, 0.3) is 0 Å². The average Bonchev–Trinajstić information content (AvgIpc) is 2.74. The molecular formula is C11H17N3O2S. The maximum Gasteiger partial charge on any atom is 0.357 e. The summed E-state index contributed by atoms with van der Waals surface area (Å²) >= 11 is 1.35. The lowest BCUT2D eigenvalue weighted by Crippen LogP contribution is -2.35. The Balaban J connectivity index is 1.89. The van der Waals surface area contributed by atoms with E-state index in [0.717, 1.165) is 19.6 Å². The SMILES string of the molecule is CN1CCCC(CNc2scnc2C(=O)O)C1. The van der Waals surface area contributed by atoms with Crippen LogP contribution in [0.5, 0.6) is 0 Å². The number of aromatic carboxylic acids is 1. The van der Waals surface area contributed by atoms with Gasteiger partial charge in [0.05, 0.1) is 5.51 Å². The van der Waals surface area contributed by atoms with Gasteiger partial charge in [-0.3, -0.25) is 0 Å². The minimum Gasteiger partial charge on any atom is -0.476 e. The molecule has 1 aromatic rings. The van der Waals surface area contributed by atoms with Crippen molar-refractivity contribution in [3.8, 4) is 0 Å². The molecule has 17 heavy (non-hydrogen) atoms. The highest BCUT2D eigenvalue weighted by atomic mass is 32.1.